The molecule has 2 aromatic rings. The summed E-state index contributed by atoms with van der Waals surface area (Å²) in [5.74, 6) is 1.51. The Kier molecular flexibility index (Phi) is 7.05. The van der Waals surface area contributed by atoms with Crippen molar-refractivity contribution in [3.05, 3.63) is 53.6 Å². The maximum absolute atomic E-state index is 13.0. The van der Waals surface area contributed by atoms with Crippen LogP contribution in [0.3, 0.4) is 0 Å². The molecule has 7 nitrogen and oxygen atoms in total. The van der Waals surface area contributed by atoms with Crippen molar-refractivity contribution in [2.75, 3.05) is 27.9 Å². The van der Waals surface area contributed by atoms with E-state index in [1.165, 1.54) is 0 Å². The highest BCUT2D eigenvalue weighted by atomic mass is 16.5. The van der Waals surface area contributed by atoms with E-state index in [2.05, 4.69) is 5.32 Å². The first kappa shape index (κ1) is 22.5. The van der Waals surface area contributed by atoms with Crippen molar-refractivity contribution in [2.24, 2.45) is 0 Å². The van der Waals surface area contributed by atoms with Crippen LogP contribution in [0.2, 0.25) is 0 Å². The van der Waals surface area contributed by atoms with Gasteiger partial charge in [-0.15, -0.1) is 0 Å². The molecule has 0 spiro atoms. The number of ether oxygens (including phenoxy) is 3. The topological polar surface area (TPSA) is 77.1 Å². The first-order chi connectivity index (χ1) is 14.9. The largest absolute Gasteiger partial charge is 0.493 e. The fourth-order valence-corrected chi connectivity index (χ4v) is 4.06. The highest BCUT2D eigenvalue weighted by molar-refractivity contribution is 5.94. The second kappa shape index (κ2) is 9.73. The van der Waals surface area contributed by atoms with Crippen molar-refractivity contribution in [1.82, 2.24) is 10.2 Å². The monoisotopic (exact) mass is 426 g/mol. The predicted octanol–water partition coefficient (Wildman–Crippen LogP) is 2.95. The normalized spacial score (nSPS) is 18.1. The van der Waals surface area contributed by atoms with Crippen molar-refractivity contribution < 1.29 is 23.8 Å². The Hall–Kier alpha value is -3.22. The van der Waals surface area contributed by atoms with Gasteiger partial charge in [-0.05, 0) is 31.4 Å². The van der Waals surface area contributed by atoms with Gasteiger partial charge in [-0.3, -0.25) is 9.59 Å². The number of carbonyl (C=O) groups excluding carboxylic acids is 2. The van der Waals surface area contributed by atoms with E-state index in [9.17, 15) is 9.59 Å². The van der Waals surface area contributed by atoms with Gasteiger partial charge in [0.15, 0.2) is 11.5 Å². The zero-order valence-corrected chi connectivity index (χ0v) is 18.6. The van der Waals surface area contributed by atoms with E-state index in [1.54, 1.807) is 26.2 Å². The maximum Gasteiger partial charge on any atom is 0.245 e. The molecule has 1 aliphatic heterocycles. The Bertz CT molecular complexity index is 931. The van der Waals surface area contributed by atoms with Crippen LogP contribution in [-0.4, -0.2) is 50.1 Å². The van der Waals surface area contributed by atoms with Crippen molar-refractivity contribution in [3.8, 4) is 17.2 Å². The zero-order chi connectivity index (χ0) is 22.4. The number of nitrogens with zero attached hydrogens (tertiary/aromatic N) is 1. The van der Waals surface area contributed by atoms with Crippen LogP contribution in [0.5, 0.6) is 17.2 Å². The number of nitrogens with one attached hydrogen (secondary N) is 1. The average molecular weight is 427 g/mol. The number of amides is 2. The summed E-state index contributed by atoms with van der Waals surface area (Å²) in [6, 6.07) is 13.4. The quantitative estimate of drug-likeness (QED) is 0.667. The molecule has 0 unspecified atom stereocenters. The Morgan fingerprint density at radius 1 is 1.03 bits per heavy atom. The number of benzene rings is 2. The fraction of sp³-hybridized carbons (Fsp3) is 0.417. The van der Waals surface area contributed by atoms with Crippen LogP contribution in [0.15, 0.2) is 42.5 Å². The molecule has 1 saturated heterocycles. The van der Waals surface area contributed by atoms with Crippen molar-refractivity contribution in [2.45, 2.75) is 38.3 Å². The van der Waals surface area contributed by atoms with Crippen molar-refractivity contribution in [3.63, 3.8) is 0 Å². The minimum atomic E-state index is -0.879. The second-order valence-corrected chi connectivity index (χ2v) is 7.73. The number of rotatable bonds is 9. The minimum Gasteiger partial charge on any atom is -0.493 e. The molecule has 2 amide bonds. The van der Waals surface area contributed by atoms with Crippen molar-refractivity contribution >= 4 is 11.8 Å². The van der Waals surface area contributed by atoms with E-state index in [1.807, 2.05) is 49.4 Å². The van der Waals surface area contributed by atoms with Crippen LogP contribution in [0.1, 0.15) is 30.9 Å². The predicted molar refractivity (Wildman–Crippen MR) is 117 cm³/mol. The molecule has 0 saturated carbocycles. The fourth-order valence-electron chi connectivity index (χ4n) is 4.06. The molecular weight excluding hydrogens is 396 g/mol. The third-order valence-electron chi connectivity index (χ3n) is 5.90. The standard InChI is InChI=1S/C24H30N2O5/c1-24(23(28)25-16-17-8-6-5-7-9-17)14-12-20(27)26(24)15-13-18-10-11-19(29-2)22(31-4)21(18)30-3/h5-11H,12-16H2,1-4H3,(H,25,28)/t24-/m1/s1. The molecule has 0 bridgehead atoms. The molecule has 1 aliphatic rings. The Morgan fingerprint density at radius 3 is 2.39 bits per heavy atom. The first-order valence-electron chi connectivity index (χ1n) is 10.3. The molecule has 3 rings (SSSR count). The van der Waals surface area contributed by atoms with Gasteiger partial charge in [0.1, 0.15) is 5.54 Å². The number of likely N-dealkylation sites (tertiary alicyclic amines) is 1. The van der Waals surface area contributed by atoms with Gasteiger partial charge in [0.25, 0.3) is 0 Å². The smallest absolute Gasteiger partial charge is 0.245 e. The van der Waals surface area contributed by atoms with Crippen LogP contribution in [-0.2, 0) is 22.6 Å². The van der Waals surface area contributed by atoms with Crippen LogP contribution in [0.25, 0.3) is 0 Å². The molecular formula is C24H30N2O5. The SMILES string of the molecule is COc1ccc(CCN2C(=O)CC[C@]2(C)C(=O)NCc2ccccc2)c(OC)c1OC. The molecule has 1 heterocycles. The lowest BCUT2D eigenvalue weighted by Crippen LogP contribution is -2.54. The van der Waals surface area contributed by atoms with Gasteiger partial charge in [-0.25, -0.2) is 0 Å². The summed E-state index contributed by atoms with van der Waals surface area (Å²) in [6.07, 6.45) is 1.38. The van der Waals surface area contributed by atoms with Gasteiger partial charge in [0, 0.05) is 25.1 Å². The highest BCUT2D eigenvalue weighted by Gasteiger charge is 2.46. The molecule has 2 aromatic carbocycles. The van der Waals surface area contributed by atoms with Gasteiger partial charge in [0.2, 0.25) is 17.6 Å². The van der Waals surface area contributed by atoms with E-state index >= 15 is 0 Å². The summed E-state index contributed by atoms with van der Waals surface area (Å²) >= 11 is 0. The Balaban J connectivity index is 1.74. The van der Waals surface area contributed by atoms with E-state index in [0.29, 0.717) is 49.6 Å². The minimum absolute atomic E-state index is 0.0168. The van der Waals surface area contributed by atoms with Gasteiger partial charge >= 0.3 is 0 Å². The van der Waals surface area contributed by atoms with Gasteiger partial charge < -0.3 is 24.4 Å². The maximum atomic E-state index is 13.0. The van der Waals surface area contributed by atoms with Gasteiger partial charge in [-0.1, -0.05) is 36.4 Å². The lowest BCUT2D eigenvalue weighted by molar-refractivity contribution is -0.140. The Morgan fingerprint density at radius 2 is 1.74 bits per heavy atom. The summed E-state index contributed by atoms with van der Waals surface area (Å²) in [7, 11) is 4.70. The summed E-state index contributed by atoms with van der Waals surface area (Å²) in [6.45, 7) is 2.67. The third-order valence-corrected chi connectivity index (χ3v) is 5.90. The summed E-state index contributed by atoms with van der Waals surface area (Å²) in [4.78, 5) is 27.4. The zero-order valence-electron chi connectivity index (χ0n) is 18.6. The molecule has 0 radical (unpaired) electrons. The molecule has 1 N–H and O–H groups in total. The third kappa shape index (κ3) is 4.60. The van der Waals surface area contributed by atoms with Gasteiger partial charge in [-0.2, -0.15) is 0 Å². The lowest BCUT2D eigenvalue weighted by atomic mass is 9.96. The van der Waals surface area contributed by atoms with Crippen LogP contribution < -0.4 is 19.5 Å². The summed E-state index contributed by atoms with van der Waals surface area (Å²) < 4.78 is 16.3. The number of methoxy groups -OCH3 is 3. The van der Waals surface area contributed by atoms with E-state index in [-0.39, 0.29) is 11.8 Å². The first-order valence-corrected chi connectivity index (χ1v) is 10.3. The van der Waals surface area contributed by atoms with Crippen LogP contribution in [0.4, 0.5) is 0 Å². The molecule has 0 aromatic heterocycles. The number of hydrogen-bond donors (Lipinski definition) is 1. The molecule has 7 heteroatoms. The van der Waals surface area contributed by atoms with Crippen LogP contribution >= 0.6 is 0 Å². The van der Waals surface area contributed by atoms with Crippen LogP contribution in [0, 0.1) is 0 Å². The van der Waals surface area contributed by atoms with E-state index < -0.39 is 5.54 Å². The lowest BCUT2D eigenvalue weighted by Gasteiger charge is -2.34. The van der Waals surface area contributed by atoms with Gasteiger partial charge in [0.05, 0.1) is 21.3 Å². The van der Waals surface area contributed by atoms with E-state index in [4.69, 9.17) is 14.2 Å². The van der Waals surface area contributed by atoms with Crippen molar-refractivity contribution in [1.29, 1.82) is 0 Å². The number of hydrogen-bond acceptors (Lipinski definition) is 5. The summed E-state index contributed by atoms with van der Waals surface area (Å²) in [5.41, 5.74) is 1.02. The number of carbonyl (C=O) groups is 2. The molecule has 0 aliphatic carbocycles. The molecule has 166 valence electrons. The molecule has 1 atom stereocenters. The average Bonchev–Trinajstić information content (AvgIpc) is 3.10. The molecule has 1 fully saturated rings. The second-order valence-electron chi connectivity index (χ2n) is 7.73. The van der Waals surface area contributed by atoms with E-state index in [0.717, 1.165) is 11.1 Å². The highest BCUT2D eigenvalue weighted by Crippen LogP contribution is 2.40. The summed E-state index contributed by atoms with van der Waals surface area (Å²) in [5, 5.41) is 2.99. The Labute approximate surface area is 183 Å². The molecule has 31 heavy (non-hydrogen) atoms.